The molecule has 4 aromatic rings. The summed E-state index contributed by atoms with van der Waals surface area (Å²) in [5.41, 5.74) is 10.1. The molecule has 0 bridgehead atoms. The Balaban J connectivity index is 1.29. The molecule has 1 fully saturated rings. The van der Waals surface area contributed by atoms with E-state index in [1.165, 1.54) is 6.42 Å². The van der Waals surface area contributed by atoms with E-state index >= 15 is 0 Å². The van der Waals surface area contributed by atoms with E-state index in [0.717, 1.165) is 60.2 Å². The van der Waals surface area contributed by atoms with Crippen LogP contribution in [-0.2, 0) is 6.54 Å². The van der Waals surface area contributed by atoms with Crippen LogP contribution in [0.1, 0.15) is 61.0 Å². The Labute approximate surface area is 247 Å². The summed E-state index contributed by atoms with van der Waals surface area (Å²) in [5.74, 6) is 6.77. The van der Waals surface area contributed by atoms with E-state index in [-0.39, 0.29) is 5.78 Å². The topological polar surface area (TPSA) is 122 Å². The summed E-state index contributed by atoms with van der Waals surface area (Å²) in [5, 5.41) is 24.4. The van der Waals surface area contributed by atoms with Crippen molar-refractivity contribution in [3.63, 3.8) is 0 Å². The Morgan fingerprint density at radius 1 is 1.19 bits per heavy atom. The van der Waals surface area contributed by atoms with Crippen LogP contribution in [0, 0.1) is 11.8 Å². The van der Waals surface area contributed by atoms with Crippen molar-refractivity contribution in [3.8, 4) is 23.1 Å². The highest BCUT2D eigenvalue weighted by Crippen LogP contribution is 2.27. The smallest absolute Gasteiger partial charge is 0.162 e. The average Bonchev–Trinajstić information content (AvgIpc) is 3.71. The number of anilines is 1. The molecule has 5 rings (SSSR count). The molecule has 2 aromatic carbocycles. The van der Waals surface area contributed by atoms with Crippen LogP contribution in [0.5, 0.6) is 0 Å². The number of nitrogen functional groups attached to an aromatic ring is 1. The summed E-state index contributed by atoms with van der Waals surface area (Å²) in [6.07, 6.45) is 6.31. The standard InChI is InChI=1S/C33H39N7O2/c1-3-39(4-2)21-28(41)14-16-32(42)24-10-7-23(8-11-24)9-15-29-30-18-25(12-13-26(30)19-36-33(29)34)31-22-40(38-37-31)20-27-6-5-17-35-27/h7-8,10-13,18-19,22,27-28,35,41H,3-6,14,16-17,20-21H2,1-2H3,(H2,34,36). The number of pyridine rings is 1. The van der Waals surface area contributed by atoms with Gasteiger partial charge in [-0.05, 0) is 57.1 Å². The van der Waals surface area contributed by atoms with Gasteiger partial charge in [0.2, 0.25) is 0 Å². The predicted molar refractivity (Wildman–Crippen MR) is 166 cm³/mol. The van der Waals surface area contributed by atoms with Crippen molar-refractivity contribution in [2.24, 2.45) is 0 Å². The fourth-order valence-electron chi connectivity index (χ4n) is 5.36. The first-order chi connectivity index (χ1) is 20.4. The van der Waals surface area contributed by atoms with E-state index in [4.69, 9.17) is 5.73 Å². The number of nitrogens with zero attached hydrogens (tertiary/aromatic N) is 5. The van der Waals surface area contributed by atoms with Crippen LogP contribution in [0.2, 0.25) is 0 Å². The molecule has 1 aliphatic heterocycles. The zero-order valence-corrected chi connectivity index (χ0v) is 24.4. The van der Waals surface area contributed by atoms with Crippen molar-refractivity contribution >= 4 is 22.4 Å². The zero-order chi connectivity index (χ0) is 29.5. The lowest BCUT2D eigenvalue weighted by molar-refractivity contribution is 0.0877. The quantitative estimate of drug-likeness (QED) is 0.185. The second kappa shape index (κ2) is 13.7. The number of nitrogens with two attached hydrogens (primary N) is 1. The largest absolute Gasteiger partial charge is 0.392 e. The van der Waals surface area contributed by atoms with Gasteiger partial charge in [0.05, 0.1) is 24.4 Å². The monoisotopic (exact) mass is 565 g/mol. The number of ketones is 1. The lowest BCUT2D eigenvalue weighted by Gasteiger charge is -2.21. The molecule has 4 N–H and O–H groups in total. The number of fused-ring (bicyclic) bond motifs is 1. The predicted octanol–water partition coefficient (Wildman–Crippen LogP) is 3.89. The summed E-state index contributed by atoms with van der Waals surface area (Å²) < 4.78 is 1.90. The molecule has 42 heavy (non-hydrogen) atoms. The van der Waals surface area contributed by atoms with Gasteiger partial charge in [-0.15, -0.1) is 5.10 Å². The number of aliphatic hydroxyl groups excluding tert-OH is 1. The number of nitrogens with one attached hydrogen (secondary N) is 1. The second-order valence-corrected chi connectivity index (χ2v) is 10.9. The molecule has 0 saturated carbocycles. The molecular weight excluding hydrogens is 526 g/mol. The number of hydrogen-bond donors (Lipinski definition) is 3. The summed E-state index contributed by atoms with van der Waals surface area (Å²) in [6.45, 7) is 8.34. The molecule has 0 amide bonds. The fourth-order valence-corrected chi connectivity index (χ4v) is 5.36. The number of carbonyl (C=O) groups is 1. The maximum absolute atomic E-state index is 12.7. The molecule has 2 atom stereocenters. The summed E-state index contributed by atoms with van der Waals surface area (Å²) in [4.78, 5) is 19.2. The third kappa shape index (κ3) is 7.21. The molecule has 9 heteroatoms. The third-order valence-electron chi connectivity index (χ3n) is 7.93. The minimum absolute atomic E-state index is 0.0135. The lowest BCUT2D eigenvalue weighted by atomic mass is 10.0. The first-order valence-electron chi connectivity index (χ1n) is 14.8. The number of benzene rings is 2. The molecule has 2 unspecified atom stereocenters. The minimum Gasteiger partial charge on any atom is -0.392 e. The molecule has 0 aliphatic carbocycles. The highest BCUT2D eigenvalue weighted by atomic mass is 16.3. The highest BCUT2D eigenvalue weighted by Gasteiger charge is 2.16. The summed E-state index contributed by atoms with van der Waals surface area (Å²) in [6, 6.07) is 13.7. The van der Waals surface area contributed by atoms with Gasteiger partial charge in [0, 0.05) is 52.7 Å². The minimum atomic E-state index is -0.513. The Morgan fingerprint density at radius 2 is 2.00 bits per heavy atom. The van der Waals surface area contributed by atoms with Crippen LogP contribution in [0.3, 0.4) is 0 Å². The van der Waals surface area contributed by atoms with Gasteiger partial charge >= 0.3 is 0 Å². The van der Waals surface area contributed by atoms with E-state index < -0.39 is 6.10 Å². The maximum atomic E-state index is 12.7. The number of hydrogen-bond acceptors (Lipinski definition) is 8. The lowest BCUT2D eigenvalue weighted by Crippen LogP contribution is -2.32. The normalized spacial score (nSPS) is 15.6. The van der Waals surface area contributed by atoms with Crippen LogP contribution in [0.4, 0.5) is 5.82 Å². The van der Waals surface area contributed by atoms with Crippen LogP contribution in [0.25, 0.3) is 22.0 Å². The number of Topliss-reactive ketones (excluding diaryl/α,β-unsaturated/α-hetero) is 1. The summed E-state index contributed by atoms with van der Waals surface area (Å²) in [7, 11) is 0. The van der Waals surface area contributed by atoms with Gasteiger partial charge in [-0.2, -0.15) is 0 Å². The van der Waals surface area contributed by atoms with Gasteiger partial charge in [-0.3, -0.25) is 9.48 Å². The average molecular weight is 566 g/mol. The third-order valence-corrected chi connectivity index (χ3v) is 7.93. The van der Waals surface area contributed by atoms with Crippen molar-refractivity contribution < 1.29 is 9.90 Å². The van der Waals surface area contributed by atoms with E-state index in [1.807, 2.05) is 41.2 Å². The second-order valence-electron chi connectivity index (χ2n) is 10.9. The first kappa shape index (κ1) is 29.4. The molecule has 3 heterocycles. The maximum Gasteiger partial charge on any atom is 0.162 e. The van der Waals surface area contributed by atoms with Crippen LogP contribution in [0.15, 0.2) is 54.9 Å². The van der Waals surface area contributed by atoms with Crippen molar-refractivity contribution in [3.05, 3.63) is 71.5 Å². The van der Waals surface area contributed by atoms with Gasteiger partial charge in [-0.1, -0.05) is 55.2 Å². The molecular formula is C33H39N7O2. The van der Waals surface area contributed by atoms with Gasteiger partial charge < -0.3 is 21.1 Å². The van der Waals surface area contributed by atoms with Gasteiger partial charge in [0.1, 0.15) is 11.5 Å². The molecule has 1 saturated heterocycles. The molecule has 9 nitrogen and oxygen atoms in total. The molecule has 1 aliphatic rings. The molecule has 0 spiro atoms. The van der Waals surface area contributed by atoms with Crippen molar-refractivity contribution in [2.75, 3.05) is 31.9 Å². The molecule has 2 aromatic heterocycles. The van der Waals surface area contributed by atoms with E-state index in [0.29, 0.717) is 42.4 Å². The SMILES string of the molecule is CCN(CC)CC(O)CCC(=O)c1ccc(C#Cc2c(N)ncc3ccc(-c4cn(CC5CCCN5)nn4)cc23)cc1. The Morgan fingerprint density at radius 3 is 2.74 bits per heavy atom. The highest BCUT2D eigenvalue weighted by molar-refractivity contribution is 5.96. The molecule has 0 radical (unpaired) electrons. The first-order valence-corrected chi connectivity index (χ1v) is 14.8. The Hall–Kier alpha value is -4.10. The Kier molecular flexibility index (Phi) is 9.59. The number of rotatable bonds is 11. The van der Waals surface area contributed by atoms with Gasteiger partial charge in [-0.25, -0.2) is 4.98 Å². The number of aliphatic hydroxyl groups is 1. The Bertz CT molecular complexity index is 1580. The number of likely N-dealkylation sites (N-methyl/N-ethyl adjacent to an activating group) is 1. The van der Waals surface area contributed by atoms with Crippen molar-refractivity contribution in [1.29, 1.82) is 0 Å². The fraction of sp³-hybridized carbons (Fsp3) is 0.394. The van der Waals surface area contributed by atoms with E-state index in [2.05, 4.69) is 51.2 Å². The van der Waals surface area contributed by atoms with Crippen LogP contribution < -0.4 is 11.1 Å². The number of aromatic nitrogens is 4. The number of carbonyl (C=O) groups excluding carboxylic acids is 1. The van der Waals surface area contributed by atoms with Gasteiger partial charge in [0.25, 0.3) is 0 Å². The summed E-state index contributed by atoms with van der Waals surface area (Å²) >= 11 is 0. The molecule has 218 valence electrons. The van der Waals surface area contributed by atoms with Crippen LogP contribution in [-0.4, -0.2) is 74.1 Å². The van der Waals surface area contributed by atoms with E-state index in [1.54, 1.807) is 18.3 Å². The van der Waals surface area contributed by atoms with Gasteiger partial charge in [0.15, 0.2) is 5.78 Å². The van der Waals surface area contributed by atoms with Crippen molar-refractivity contribution in [1.82, 2.24) is 30.2 Å². The van der Waals surface area contributed by atoms with E-state index in [9.17, 15) is 9.90 Å². The van der Waals surface area contributed by atoms with Crippen molar-refractivity contribution in [2.45, 2.75) is 58.2 Å². The zero-order valence-electron chi connectivity index (χ0n) is 24.4. The van der Waals surface area contributed by atoms with Crippen LogP contribution >= 0.6 is 0 Å².